The van der Waals surface area contributed by atoms with Crippen molar-refractivity contribution in [2.75, 3.05) is 0 Å². The minimum absolute atomic E-state index is 0.268. The molecule has 0 aromatic carbocycles. The van der Waals surface area contributed by atoms with E-state index in [9.17, 15) is 5.11 Å². The van der Waals surface area contributed by atoms with Crippen LogP contribution in [0.4, 0.5) is 0 Å². The molecule has 0 aromatic rings. The van der Waals surface area contributed by atoms with E-state index in [0.29, 0.717) is 5.92 Å². The first-order valence-corrected chi connectivity index (χ1v) is 10.9. The average molecular weight is 293 g/mol. The topological polar surface area (TPSA) is 20.2 Å². The van der Waals surface area contributed by atoms with Gasteiger partial charge in [-0.3, -0.25) is 0 Å². The van der Waals surface area contributed by atoms with Gasteiger partial charge in [0.2, 0.25) is 0 Å². The molecule has 0 unspecified atom stereocenters. The molecule has 0 spiro atoms. The summed E-state index contributed by atoms with van der Waals surface area (Å²) in [4.78, 5) is 0. The van der Waals surface area contributed by atoms with Gasteiger partial charge in [-0.1, -0.05) is 34.3 Å². The van der Waals surface area contributed by atoms with Gasteiger partial charge >= 0.3 is 0 Å². The minimum atomic E-state index is -1.35. The van der Waals surface area contributed by atoms with Crippen LogP contribution in [0.25, 0.3) is 0 Å². The zero-order valence-corrected chi connectivity index (χ0v) is 15.1. The number of rotatable bonds is 5. The Morgan fingerprint density at radius 3 is 2.30 bits per heavy atom. The van der Waals surface area contributed by atoms with Crippen molar-refractivity contribution in [2.45, 2.75) is 77.6 Å². The van der Waals surface area contributed by atoms with Crippen LogP contribution >= 0.6 is 0 Å². The van der Waals surface area contributed by atoms with Gasteiger partial charge in [0.1, 0.15) is 8.07 Å². The molecule has 0 amide bonds. The third kappa shape index (κ3) is 3.38. The highest BCUT2D eigenvalue weighted by Gasteiger charge is 2.45. The Morgan fingerprint density at radius 2 is 1.85 bits per heavy atom. The Morgan fingerprint density at radius 1 is 1.30 bits per heavy atom. The van der Waals surface area contributed by atoms with E-state index in [0.717, 1.165) is 24.8 Å². The fourth-order valence-electron chi connectivity index (χ4n) is 3.57. The molecule has 0 radical (unpaired) electrons. The first-order valence-electron chi connectivity index (χ1n) is 8.23. The van der Waals surface area contributed by atoms with E-state index in [1.54, 1.807) is 0 Å². The van der Waals surface area contributed by atoms with Crippen molar-refractivity contribution in [1.82, 2.24) is 0 Å². The van der Waals surface area contributed by atoms with E-state index < -0.39 is 13.7 Å². The Balaban J connectivity index is 2.85. The third-order valence-corrected chi connectivity index (χ3v) is 10.5. The van der Waals surface area contributed by atoms with Gasteiger partial charge < -0.3 is 5.11 Å². The summed E-state index contributed by atoms with van der Waals surface area (Å²) >= 11 is 0. The van der Waals surface area contributed by atoms with E-state index in [1.165, 1.54) is 18.1 Å². The Bertz CT molecular complexity index is 391. The molecule has 1 aliphatic carbocycles. The van der Waals surface area contributed by atoms with E-state index in [4.69, 9.17) is 0 Å². The van der Waals surface area contributed by atoms with Gasteiger partial charge in [0.05, 0.1) is 5.60 Å². The predicted molar refractivity (Wildman–Crippen MR) is 91.2 cm³/mol. The smallest absolute Gasteiger partial charge is 0.137 e. The van der Waals surface area contributed by atoms with Crippen molar-refractivity contribution >= 4 is 8.07 Å². The molecule has 1 aliphatic rings. The molecule has 114 valence electrons. The highest BCUT2D eigenvalue weighted by Crippen LogP contribution is 2.45. The van der Waals surface area contributed by atoms with Gasteiger partial charge in [-0.25, -0.2) is 0 Å². The maximum Gasteiger partial charge on any atom is 0.137 e. The fraction of sp³-hybridized carbons (Fsp3) is 0.778. The van der Waals surface area contributed by atoms with E-state index in [-0.39, 0.29) is 5.92 Å². The summed E-state index contributed by atoms with van der Waals surface area (Å²) in [6.07, 6.45) is 2.78. The van der Waals surface area contributed by atoms with E-state index in [1.807, 2.05) is 6.92 Å². The van der Waals surface area contributed by atoms with Gasteiger partial charge in [-0.2, -0.15) is 0 Å². The van der Waals surface area contributed by atoms with Crippen LogP contribution in [0.15, 0.2) is 12.2 Å². The van der Waals surface area contributed by atoms with Crippen molar-refractivity contribution in [2.24, 2.45) is 11.8 Å². The van der Waals surface area contributed by atoms with Gasteiger partial charge in [0.15, 0.2) is 0 Å². The molecular formula is C18H32OSi. The largest absolute Gasteiger partial charge is 0.385 e. The van der Waals surface area contributed by atoms with Crippen molar-refractivity contribution < 1.29 is 5.11 Å². The maximum atomic E-state index is 10.8. The van der Waals surface area contributed by atoms with Crippen LogP contribution in [0.2, 0.25) is 18.1 Å². The number of hydrogen-bond donors (Lipinski definition) is 1. The molecule has 1 fully saturated rings. The van der Waals surface area contributed by atoms with Crippen molar-refractivity contribution in [1.29, 1.82) is 0 Å². The highest BCUT2D eigenvalue weighted by molar-refractivity contribution is 6.87. The second-order valence-electron chi connectivity index (χ2n) is 6.67. The van der Waals surface area contributed by atoms with Crippen LogP contribution in [-0.2, 0) is 0 Å². The predicted octanol–water partition coefficient (Wildman–Crippen LogP) is 4.78. The summed E-state index contributed by atoms with van der Waals surface area (Å²) in [6, 6.07) is 3.74. The zero-order valence-electron chi connectivity index (χ0n) is 14.1. The molecule has 20 heavy (non-hydrogen) atoms. The van der Waals surface area contributed by atoms with Crippen molar-refractivity contribution in [3.8, 4) is 11.5 Å². The second-order valence-corrected chi connectivity index (χ2v) is 11.6. The lowest BCUT2D eigenvalue weighted by molar-refractivity contribution is 0.0322. The summed E-state index contributed by atoms with van der Waals surface area (Å²) in [7, 11) is -1.35. The van der Waals surface area contributed by atoms with E-state index in [2.05, 4.69) is 45.7 Å². The lowest BCUT2D eigenvalue weighted by Gasteiger charge is -2.31. The summed E-state index contributed by atoms with van der Waals surface area (Å²) in [6.45, 7) is 15.1. The van der Waals surface area contributed by atoms with Crippen LogP contribution in [0, 0.1) is 23.3 Å². The summed E-state index contributed by atoms with van der Waals surface area (Å²) in [5.41, 5.74) is 3.89. The lowest BCUT2D eigenvalue weighted by Crippen LogP contribution is -2.36. The van der Waals surface area contributed by atoms with Crippen molar-refractivity contribution in [3.05, 3.63) is 12.2 Å². The number of hydrogen-bond acceptors (Lipinski definition) is 1. The molecule has 0 aromatic heterocycles. The SMILES string of the molecule is C=C(C)[C@@]1(O)CC[C@@H](C)[C@@H]1CC#C[Si](CC)(CC)CC. The van der Waals surface area contributed by atoms with Gasteiger partial charge in [0, 0.05) is 12.3 Å². The minimum Gasteiger partial charge on any atom is -0.385 e. The molecule has 1 nitrogen and oxygen atoms in total. The molecular weight excluding hydrogens is 260 g/mol. The van der Waals surface area contributed by atoms with Crippen LogP contribution in [0.5, 0.6) is 0 Å². The van der Waals surface area contributed by atoms with Crippen LogP contribution in [0.1, 0.15) is 53.9 Å². The zero-order chi connectivity index (χ0) is 15.4. The molecule has 0 aliphatic heterocycles. The first kappa shape index (κ1) is 17.5. The van der Waals surface area contributed by atoms with Crippen molar-refractivity contribution in [3.63, 3.8) is 0 Å². The number of aliphatic hydroxyl groups is 1. The molecule has 3 atom stereocenters. The monoisotopic (exact) mass is 292 g/mol. The lowest BCUT2D eigenvalue weighted by atomic mass is 9.80. The molecule has 1 N–H and O–H groups in total. The van der Waals surface area contributed by atoms with Gasteiger partial charge in [-0.15, -0.1) is 11.5 Å². The van der Waals surface area contributed by atoms with E-state index >= 15 is 0 Å². The fourth-order valence-corrected chi connectivity index (χ4v) is 6.08. The Labute approximate surface area is 126 Å². The van der Waals surface area contributed by atoms with Crippen LogP contribution in [0.3, 0.4) is 0 Å². The maximum absolute atomic E-state index is 10.8. The summed E-state index contributed by atoms with van der Waals surface area (Å²) in [5, 5.41) is 10.8. The van der Waals surface area contributed by atoms with Crippen LogP contribution in [-0.4, -0.2) is 18.8 Å². The molecule has 2 heteroatoms. The Kier molecular flexibility index (Phi) is 6.10. The highest BCUT2D eigenvalue weighted by atomic mass is 28.3. The quantitative estimate of drug-likeness (QED) is 0.439. The molecule has 1 rings (SSSR count). The summed E-state index contributed by atoms with van der Waals surface area (Å²) < 4.78 is 0. The Hall–Kier alpha value is -0.523. The summed E-state index contributed by atoms with van der Waals surface area (Å²) in [5.74, 6) is 4.29. The molecule has 0 bridgehead atoms. The first-order chi connectivity index (χ1) is 9.35. The molecule has 1 saturated carbocycles. The molecule has 0 heterocycles. The second kappa shape index (κ2) is 6.96. The normalized spacial score (nSPS) is 29.9. The standard InChI is InChI=1S/C18H32OSi/c1-7-20(8-2,9-3)14-10-11-17-16(6)12-13-18(17,19)15(4)5/h16-17,19H,4,7-9,11-13H2,1-3,5-6H3/t16-,17+,18+/m1/s1. The molecule has 0 saturated heterocycles. The van der Waals surface area contributed by atoms with Gasteiger partial charge in [0.25, 0.3) is 0 Å². The van der Waals surface area contributed by atoms with Gasteiger partial charge in [-0.05, 0) is 49.4 Å². The third-order valence-electron chi connectivity index (χ3n) is 5.73. The average Bonchev–Trinajstić information content (AvgIpc) is 2.73. The van der Waals surface area contributed by atoms with Crippen LogP contribution < -0.4 is 0 Å².